The predicted molar refractivity (Wildman–Crippen MR) is 93.0 cm³/mol. The minimum Gasteiger partial charge on any atom is -0.326 e. The Hall–Kier alpha value is -1.00. The van der Waals surface area contributed by atoms with Gasteiger partial charge in [-0.05, 0) is 63.4 Å². The first-order chi connectivity index (χ1) is 10.8. The number of hydrogen-bond acceptors (Lipinski definition) is 3. The number of hydrogen-bond donors (Lipinski definition) is 0. The maximum Gasteiger partial charge on any atom is 0.233 e. The summed E-state index contributed by atoms with van der Waals surface area (Å²) in [6.45, 7) is 6.78. The maximum absolute atomic E-state index is 12.2. The van der Waals surface area contributed by atoms with Crippen LogP contribution in [0.15, 0.2) is 24.3 Å². The number of benzene rings is 1. The Kier molecular flexibility index (Phi) is 5.42. The highest BCUT2D eigenvalue weighted by molar-refractivity contribution is 8.00. The number of aryl methyl sites for hydroxylation is 1. The molecule has 4 heteroatoms. The average molecular weight is 318 g/mol. The molecule has 3 nitrogen and oxygen atoms in total. The van der Waals surface area contributed by atoms with Crippen LogP contribution in [0.1, 0.15) is 42.2 Å². The fraction of sp³-hybridized carbons (Fsp3) is 0.611. The summed E-state index contributed by atoms with van der Waals surface area (Å²) in [4.78, 5) is 16.9. The molecule has 2 aliphatic rings. The van der Waals surface area contributed by atoms with Crippen LogP contribution in [0.2, 0.25) is 0 Å². The number of nitrogens with zero attached hydrogens (tertiary/aromatic N) is 2. The summed E-state index contributed by atoms with van der Waals surface area (Å²) in [5.41, 5.74) is 2.59. The number of likely N-dealkylation sites (tertiary alicyclic amines) is 1. The molecule has 120 valence electrons. The van der Waals surface area contributed by atoms with Crippen molar-refractivity contribution in [2.45, 2.75) is 38.0 Å². The monoisotopic (exact) mass is 318 g/mol. The van der Waals surface area contributed by atoms with E-state index in [-0.39, 0.29) is 5.37 Å². The molecule has 0 aromatic heterocycles. The van der Waals surface area contributed by atoms with E-state index in [2.05, 4.69) is 41.0 Å². The highest BCUT2D eigenvalue weighted by Crippen LogP contribution is 2.39. The Morgan fingerprint density at radius 2 is 1.86 bits per heavy atom. The van der Waals surface area contributed by atoms with Crippen molar-refractivity contribution in [2.75, 3.05) is 31.9 Å². The quantitative estimate of drug-likeness (QED) is 0.751. The summed E-state index contributed by atoms with van der Waals surface area (Å²) in [5.74, 6) is 0.935. The predicted octanol–water partition coefficient (Wildman–Crippen LogP) is 3.45. The molecule has 1 aromatic rings. The molecule has 0 spiro atoms. The topological polar surface area (TPSA) is 23.6 Å². The van der Waals surface area contributed by atoms with Crippen molar-refractivity contribution in [3.63, 3.8) is 0 Å². The molecule has 2 aliphatic heterocycles. The summed E-state index contributed by atoms with van der Waals surface area (Å²) in [6.07, 6.45) is 5.04. The molecule has 3 rings (SSSR count). The zero-order valence-corrected chi connectivity index (χ0v) is 14.3. The molecule has 22 heavy (non-hydrogen) atoms. The standard InChI is InChI=1S/C18H26N2OS/c1-15-8-2-3-9-16(15)18-20(17(21)14-22-18)13-7-6-12-19-10-4-5-11-19/h2-3,8-9,18H,4-7,10-14H2,1H3. The van der Waals surface area contributed by atoms with Gasteiger partial charge in [0.1, 0.15) is 5.37 Å². The smallest absolute Gasteiger partial charge is 0.233 e. The molecule has 2 heterocycles. The lowest BCUT2D eigenvalue weighted by Crippen LogP contribution is -2.30. The maximum atomic E-state index is 12.2. The zero-order chi connectivity index (χ0) is 15.4. The van der Waals surface area contributed by atoms with Crippen LogP contribution < -0.4 is 0 Å². The molecule has 1 unspecified atom stereocenters. The average Bonchev–Trinajstić information content (AvgIpc) is 3.15. The fourth-order valence-corrected chi connectivity index (χ4v) is 4.75. The number of carbonyl (C=O) groups is 1. The molecule has 0 aliphatic carbocycles. The second-order valence-corrected chi connectivity index (χ2v) is 7.43. The molecule has 1 atom stereocenters. The molecule has 2 fully saturated rings. The molecular formula is C18H26N2OS. The van der Waals surface area contributed by atoms with Crippen molar-refractivity contribution in [3.8, 4) is 0 Å². The van der Waals surface area contributed by atoms with Crippen LogP contribution in [0.25, 0.3) is 0 Å². The molecule has 1 aromatic carbocycles. The Morgan fingerprint density at radius 1 is 1.14 bits per heavy atom. The third-order valence-corrected chi connectivity index (χ3v) is 5.98. The normalized spacial score (nSPS) is 22.7. The number of rotatable bonds is 6. The van der Waals surface area contributed by atoms with Gasteiger partial charge >= 0.3 is 0 Å². The van der Waals surface area contributed by atoms with E-state index in [1.165, 1.54) is 50.0 Å². The van der Waals surface area contributed by atoms with Crippen molar-refractivity contribution in [1.82, 2.24) is 9.80 Å². The lowest BCUT2D eigenvalue weighted by molar-refractivity contribution is -0.128. The van der Waals surface area contributed by atoms with Crippen LogP contribution in [0.3, 0.4) is 0 Å². The highest BCUT2D eigenvalue weighted by atomic mass is 32.2. The Labute approximate surface area is 138 Å². The van der Waals surface area contributed by atoms with Gasteiger partial charge in [0.2, 0.25) is 5.91 Å². The number of carbonyl (C=O) groups excluding carboxylic acids is 1. The molecule has 0 saturated carbocycles. The van der Waals surface area contributed by atoms with Gasteiger partial charge in [-0.3, -0.25) is 4.79 Å². The van der Waals surface area contributed by atoms with Crippen molar-refractivity contribution in [2.24, 2.45) is 0 Å². The van der Waals surface area contributed by atoms with E-state index in [1.807, 2.05) is 0 Å². The van der Waals surface area contributed by atoms with Gasteiger partial charge in [-0.15, -0.1) is 11.8 Å². The lowest BCUT2D eigenvalue weighted by Gasteiger charge is -2.25. The van der Waals surface area contributed by atoms with E-state index in [0.717, 1.165) is 13.0 Å². The third kappa shape index (κ3) is 3.66. The van der Waals surface area contributed by atoms with Crippen LogP contribution in [-0.4, -0.2) is 47.6 Å². The molecule has 0 N–H and O–H groups in total. The zero-order valence-electron chi connectivity index (χ0n) is 13.5. The van der Waals surface area contributed by atoms with Crippen molar-refractivity contribution in [1.29, 1.82) is 0 Å². The summed E-state index contributed by atoms with van der Waals surface area (Å²) in [6, 6.07) is 8.46. The number of thioether (sulfide) groups is 1. The molecule has 0 radical (unpaired) electrons. The van der Waals surface area contributed by atoms with Gasteiger partial charge in [-0.25, -0.2) is 0 Å². The lowest BCUT2D eigenvalue weighted by atomic mass is 10.1. The minimum atomic E-state index is 0.223. The first-order valence-corrected chi connectivity index (χ1v) is 9.49. The van der Waals surface area contributed by atoms with E-state index >= 15 is 0 Å². The Balaban J connectivity index is 1.53. The Bertz CT molecular complexity index is 514. The fourth-order valence-electron chi connectivity index (χ4n) is 3.44. The molecule has 0 bridgehead atoms. The minimum absolute atomic E-state index is 0.223. The molecule has 1 amide bonds. The van der Waals surface area contributed by atoms with Gasteiger partial charge in [0.05, 0.1) is 5.75 Å². The van der Waals surface area contributed by atoms with Crippen LogP contribution >= 0.6 is 11.8 Å². The number of unbranched alkanes of at least 4 members (excludes halogenated alkanes) is 1. The van der Waals surface area contributed by atoms with E-state index < -0.39 is 0 Å². The van der Waals surface area contributed by atoms with Gasteiger partial charge in [0.25, 0.3) is 0 Å². The van der Waals surface area contributed by atoms with E-state index in [4.69, 9.17) is 0 Å². The summed E-state index contributed by atoms with van der Waals surface area (Å²) < 4.78 is 0. The van der Waals surface area contributed by atoms with Crippen molar-refractivity contribution >= 4 is 17.7 Å². The summed E-state index contributed by atoms with van der Waals surface area (Å²) in [5, 5.41) is 0.223. The first kappa shape index (κ1) is 15.9. The van der Waals surface area contributed by atoms with E-state index in [0.29, 0.717) is 11.7 Å². The van der Waals surface area contributed by atoms with E-state index in [9.17, 15) is 4.79 Å². The molecule has 2 saturated heterocycles. The van der Waals surface area contributed by atoms with Crippen LogP contribution in [0.4, 0.5) is 0 Å². The van der Waals surface area contributed by atoms with E-state index in [1.54, 1.807) is 11.8 Å². The third-order valence-electron chi connectivity index (χ3n) is 4.74. The van der Waals surface area contributed by atoms with Crippen LogP contribution in [0.5, 0.6) is 0 Å². The second kappa shape index (κ2) is 7.51. The van der Waals surface area contributed by atoms with Crippen molar-refractivity contribution < 1.29 is 4.79 Å². The van der Waals surface area contributed by atoms with Crippen molar-refractivity contribution in [3.05, 3.63) is 35.4 Å². The van der Waals surface area contributed by atoms with Gasteiger partial charge < -0.3 is 9.80 Å². The Morgan fingerprint density at radius 3 is 2.64 bits per heavy atom. The van der Waals surface area contributed by atoms with Crippen LogP contribution in [-0.2, 0) is 4.79 Å². The highest BCUT2D eigenvalue weighted by Gasteiger charge is 2.32. The first-order valence-electron chi connectivity index (χ1n) is 8.44. The van der Waals surface area contributed by atoms with Gasteiger partial charge in [-0.1, -0.05) is 24.3 Å². The second-order valence-electron chi connectivity index (χ2n) is 6.36. The summed E-state index contributed by atoms with van der Waals surface area (Å²) in [7, 11) is 0. The molecular weight excluding hydrogens is 292 g/mol. The van der Waals surface area contributed by atoms with Gasteiger partial charge in [0, 0.05) is 6.54 Å². The number of amides is 1. The van der Waals surface area contributed by atoms with Gasteiger partial charge in [-0.2, -0.15) is 0 Å². The van der Waals surface area contributed by atoms with Gasteiger partial charge in [0.15, 0.2) is 0 Å². The largest absolute Gasteiger partial charge is 0.326 e. The van der Waals surface area contributed by atoms with Crippen LogP contribution in [0, 0.1) is 6.92 Å². The summed E-state index contributed by atoms with van der Waals surface area (Å²) >= 11 is 1.78. The SMILES string of the molecule is Cc1ccccc1C1SCC(=O)N1CCCCN1CCCC1.